The minimum absolute atomic E-state index is 0.368. The van der Waals surface area contributed by atoms with Crippen LogP contribution >= 0.6 is 0 Å². The average Bonchev–Trinajstić information content (AvgIpc) is 3.12. The maximum Gasteiger partial charge on any atom is 0.249 e. The first-order valence-corrected chi connectivity index (χ1v) is 22.1. The minimum atomic E-state index is -1.28. The first-order chi connectivity index (χ1) is 24.5. The molecule has 0 rings (SSSR count). The highest BCUT2D eigenvalue weighted by Gasteiger charge is 2.28. The van der Waals surface area contributed by atoms with Crippen molar-refractivity contribution in [2.24, 2.45) is 0 Å². The van der Waals surface area contributed by atoms with Crippen molar-refractivity contribution >= 4 is 5.91 Å². The first kappa shape index (κ1) is 49.0. The van der Waals surface area contributed by atoms with Crippen LogP contribution in [0.2, 0.25) is 0 Å². The van der Waals surface area contributed by atoms with Gasteiger partial charge in [-0.25, -0.2) is 0 Å². The van der Waals surface area contributed by atoms with Crippen molar-refractivity contribution in [2.75, 3.05) is 6.61 Å². The second-order valence-corrected chi connectivity index (χ2v) is 15.4. The van der Waals surface area contributed by atoms with Gasteiger partial charge in [-0.3, -0.25) is 4.79 Å². The standard InChI is InChI=1S/C44H87NO5/c1-3-5-7-9-11-13-15-17-19-20-21-22-23-24-26-28-30-32-34-36-38-42(48)44(50)45-40(39-46)43(49)41(47)37-35-33-31-29-27-25-18-16-14-12-10-8-6-4-2/h29,31,40-43,46-49H,3-28,30,32-39H2,1-2H3,(H,45,50)/b31-29+/t40-,41+,42+,43-/m0/s1. The van der Waals surface area contributed by atoms with Gasteiger partial charge in [0.15, 0.2) is 0 Å². The Morgan fingerprint density at radius 3 is 1.20 bits per heavy atom. The van der Waals surface area contributed by atoms with Crippen LogP contribution < -0.4 is 5.32 Å². The van der Waals surface area contributed by atoms with E-state index in [1.165, 1.54) is 167 Å². The number of allylic oxidation sites excluding steroid dienone is 2. The van der Waals surface area contributed by atoms with Crippen molar-refractivity contribution in [1.29, 1.82) is 0 Å². The van der Waals surface area contributed by atoms with E-state index >= 15 is 0 Å². The second kappa shape index (κ2) is 39.3. The van der Waals surface area contributed by atoms with Crippen LogP contribution in [0.1, 0.15) is 232 Å². The Labute approximate surface area is 311 Å². The molecular formula is C44H87NO5. The first-order valence-electron chi connectivity index (χ1n) is 22.1. The summed E-state index contributed by atoms with van der Waals surface area (Å²) in [6, 6.07) is -0.996. The number of nitrogens with one attached hydrogen (secondary N) is 1. The molecular weight excluding hydrogens is 622 g/mol. The number of rotatable bonds is 40. The predicted molar refractivity (Wildman–Crippen MR) is 215 cm³/mol. The van der Waals surface area contributed by atoms with Crippen LogP contribution in [0.5, 0.6) is 0 Å². The molecule has 0 bridgehead atoms. The lowest BCUT2D eigenvalue weighted by Gasteiger charge is -2.27. The van der Waals surface area contributed by atoms with Crippen LogP contribution in [0.4, 0.5) is 0 Å². The molecule has 50 heavy (non-hydrogen) atoms. The van der Waals surface area contributed by atoms with Gasteiger partial charge < -0.3 is 25.7 Å². The van der Waals surface area contributed by atoms with Crippen molar-refractivity contribution in [3.8, 4) is 0 Å². The smallest absolute Gasteiger partial charge is 0.249 e. The molecule has 0 fully saturated rings. The summed E-state index contributed by atoms with van der Waals surface area (Å²) in [5, 5.41) is 43.6. The topological polar surface area (TPSA) is 110 Å². The number of amides is 1. The molecule has 0 spiro atoms. The highest BCUT2D eigenvalue weighted by atomic mass is 16.3. The molecule has 0 saturated heterocycles. The van der Waals surface area contributed by atoms with Crippen LogP contribution in [-0.4, -0.2) is 57.3 Å². The Morgan fingerprint density at radius 1 is 0.480 bits per heavy atom. The van der Waals surface area contributed by atoms with Gasteiger partial charge >= 0.3 is 0 Å². The van der Waals surface area contributed by atoms with Gasteiger partial charge in [-0.2, -0.15) is 0 Å². The summed E-state index contributed by atoms with van der Waals surface area (Å²) in [6.07, 6.45) is 42.4. The van der Waals surface area contributed by atoms with E-state index in [2.05, 4.69) is 31.3 Å². The summed E-state index contributed by atoms with van der Waals surface area (Å²) in [5.74, 6) is -0.590. The van der Waals surface area contributed by atoms with Gasteiger partial charge in [0, 0.05) is 0 Å². The quantitative estimate of drug-likeness (QED) is 0.0321. The van der Waals surface area contributed by atoms with E-state index in [-0.39, 0.29) is 0 Å². The van der Waals surface area contributed by atoms with E-state index in [4.69, 9.17) is 0 Å². The highest BCUT2D eigenvalue weighted by molar-refractivity contribution is 5.80. The number of aliphatic hydroxyl groups is 4. The van der Waals surface area contributed by atoms with Crippen molar-refractivity contribution < 1.29 is 25.2 Å². The van der Waals surface area contributed by atoms with Gasteiger partial charge in [0.05, 0.1) is 18.8 Å². The molecule has 298 valence electrons. The molecule has 0 aliphatic heterocycles. The summed E-state index contributed by atoms with van der Waals surface area (Å²) in [5.41, 5.74) is 0. The molecule has 0 aromatic carbocycles. The van der Waals surface area contributed by atoms with Gasteiger partial charge in [-0.1, -0.05) is 206 Å². The van der Waals surface area contributed by atoms with Crippen molar-refractivity contribution in [1.82, 2.24) is 5.32 Å². The number of hydrogen-bond acceptors (Lipinski definition) is 5. The Kier molecular flexibility index (Phi) is 38.5. The van der Waals surface area contributed by atoms with Gasteiger partial charge in [0.2, 0.25) is 5.91 Å². The zero-order valence-electron chi connectivity index (χ0n) is 33.4. The van der Waals surface area contributed by atoms with E-state index in [1.54, 1.807) is 0 Å². The van der Waals surface area contributed by atoms with E-state index in [9.17, 15) is 25.2 Å². The predicted octanol–water partition coefficient (Wildman–Crippen LogP) is 11.4. The molecule has 0 aromatic heterocycles. The fourth-order valence-corrected chi connectivity index (χ4v) is 6.93. The molecule has 0 aliphatic carbocycles. The van der Waals surface area contributed by atoms with Crippen molar-refractivity contribution in [3.05, 3.63) is 12.2 Å². The number of hydrogen-bond donors (Lipinski definition) is 5. The molecule has 6 heteroatoms. The molecule has 0 aromatic rings. The van der Waals surface area contributed by atoms with E-state index in [1.807, 2.05) is 0 Å². The van der Waals surface area contributed by atoms with E-state index in [0.29, 0.717) is 12.8 Å². The lowest BCUT2D eigenvalue weighted by atomic mass is 10.00. The fraction of sp³-hybridized carbons (Fsp3) is 0.932. The highest BCUT2D eigenvalue weighted by Crippen LogP contribution is 2.16. The fourth-order valence-electron chi connectivity index (χ4n) is 6.93. The normalized spacial score (nSPS) is 14.3. The third-order valence-electron chi connectivity index (χ3n) is 10.5. The molecule has 0 aliphatic rings. The van der Waals surface area contributed by atoms with Crippen LogP contribution in [0, 0.1) is 0 Å². The molecule has 0 heterocycles. The molecule has 0 radical (unpaired) electrons. The van der Waals surface area contributed by atoms with Gasteiger partial charge in [0.25, 0.3) is 0 Å². The maximum absolute atomic E-state index is 12.5. The lowest BCUT2D eigenvalue weighted by Crippen LogP contribution is -2.53. The van der Waals surface area contributed by atoms with Gasteiger partial charge in [-0.15, -0.1) is 0 Å². The van der Waals surface area contributed by atoms with Crippen LogP contribution in [0.25, 0.3) is 0 Å². The molecule has 0 unspecified atom stereocenters. The van der Waals surface area contributed by atoms with Crippen LogP contribution in [0.15, 0.2) is 12.2 Å². The lowest BCUT2D eigenvalue weighted by molar-refractivity contribution is -0.132. The third kappa shape index (κ3) is 32.9. The van der Waals surface area contributed by atoms with Crippen LogP contribution in [-0.2, 0) is 4.79 Å². The molecule has 4 atom stereocenters. The van der Waals surface area contributed by atoms with E-state index < -0.39 is 36.9 Å². The summed E-state index contributed by atoms with van der Waals surface area (Å²) in [6.45, 7) is 4.04. The molecule has 5 N–H and O–H groups in total. The zero-order valence-corrected chi connectivity index (χ0v) is 33.4. The Balaban J connectivity index is 3.72. The summed E-state index contributed by atoms with van der Waals surface area (Å²) in [4.78, 5) is 12.5. The molecule has 6 nitrogen and oxygen atoms in total. The number of unbranched alkanes of at least 4 members (excludes halogenated alkanes) is 29. The number of carbonyl (C=O) groups is 1. The summed E-state index contributed by atoms with van der Waals surface area (Å²) in [7, 11) is 0. The Bertz CT molecular complexity index is 717. The Hall–Kier alpha value is -0.950. The monoisotopic (exact) mass is 710 g/mol. The number of aliphatic hydroxyl groups excluding tert-OH is 4. The maximum atomic E-state index is 12.5. The van der Waals surface area contributed by atoms with Gasteiger partial charge in [0.1, 0.15) is 12.2 Å². The third-order valence-corrected chi connectivity index (χ3v) is 10.5. The Morgan fingerprint density at radius 2 is 0.820 bits per heavy atom. The molecule has 1 amide bonds. The van der Waals surface area contributed by atoms with Crippen molar-refractivity contribution in [3.63, 3.8) is 0 Å². The largest absolute Gasteiger partial charge is 0.394 e. The average molecular weight is 710 g/mol. The summed E-state index contributed by atoms with van der Waals surface area (Å²) >= 11 is 0. The second-order valence-electron chi connectivity index (χ2n) is 15.4. The zero-order chi connectivity index (χ0) is 36.8. The minimum Gasteiger partial charge on any atom is -0.394 e. The van der Waals surface area contributed by atoms with Crippen LogP contribution in [0.3, 0.4) is 0 Å². The molecule has 0 saturated carbocycles. The SMILES string of the molecule is CCCCCCCCCCC/C=C/CCC[C@@H](O)[C@@H](O)[C@H](CO)NC(=O)[C@H](O)CCCCCCCCCCCCCCCCCCCCCC. The summed E-state index contributed by atoms with van der Waals surface area (Å²) < 4.78 is 0. The van der Waals surface area contributed by atoms with E-state index in [0.717, 1.165) is 38.5 Å². The van der Waals surface area contributed by atoms with Crippen molar-refractivity contribution in [2.45, 2.75) is 257 Å². The number of carbonyl (C=O) groups excluding carboxylic acids is 1. The van der Waals surface area contributed by atoms with Gasteiger partial charge in [-0.05, 0) is 38.5 Å².